The van der Waals surface area contributed by atoms with Crippen LogP contribution < -0.4 is 10.5 Å². The molecule has 0 heterocycles. The summed E-state index contributed by atoms with van der Waals surface area (Å²) in [5.41, 5.74) is 7.67. The molecule has 3 nitrogen and oxygen atoms in total. The molecule has 0 spiro atoms. The smallest absolute Gasteiger partial charge is 0.491 e. The Kier molecular flexibility index (Phi) is 5.62. The zero-order chi connectivity index (χ0) is 14.5. The summed E-state index contributed by atoms with van der Waals surface area (Å²) in [5, 5.41) is 0. The molecule has 1 rings (SSSR count). The summed E-state index contributed by atoms with van der Waals surface area (Å²) in [6, 6.07) is 5.45. The standard InChI is InChI=1S/C13H18F3NO2/c1-9-3-4-12(11(7-9)8-10(2)17)18-5-6-19-13(14,15)16/h3-4,7,10H,5-6,8,17H2,1-2H3. The predicted octanol–water partition coefficient (Wildman–Crippen LogP) is 2.80. The Hall–Kier alpha value is -1.27. The largest absolute Gasteiger partial charge is 0.522 e. The molecule has 0 aliphatic rings. The minimum absolute atomic E-state index is 0.0458. The van der Waals surface area contributed by atoms with Crippen molar-refractivity contribution < 1.29 is 22.6 Å². The number of aryl methyl sites for hydroxylation is 1. The normalized spacial score (nSPS) is 13.4. The summed E-state index contributed by atoms with van der Waals surface area (Å²) in [5.74, 6) is 0.550. The maximum absolute atomic E-state index is 11.8. The van der Waals surface area contributed by atoms with Crippen LogP contribution in [0.2, 0.25) is 0 Å². The second-order valence-electron chi connectivity index (χ2n) is 4.44. The fourth-order valence-corrected chi connectivity index (χ4v) is 1.66. The number of hydrogen-bond acceptors (Lipinski definition) is 3. The summed E-state index contributed by atoms with van der Waals surface area (Å²) in [6.07, 6.45) is -4.01. The Labute approximate surface area is 110 Å². The zero-order valence-electron chi connectivity index (χ0n) is 11.0. The molecule has 0 saturated heterocycles. The average molecular weight is 277 g/mol. The van der Waals surface area contributed by atoms with Crippen molar-refractivity contribution in [3.63, 3.8) is 0 Å². The van der Waals surface area contributed by atoms with E-state index >= 15 is 0 Å². The van der Waals surface area contributed by atoms with E-state index in [4.69, 9.17) is 10.5 Å². The van der Waals surface area contributed by atoms with Gasteiger partial charge in [-0.3, -0.25) is 4.74 Å². The van der Waals surface area contributed by atoms with Gasteiger partial charge in [-0.1, -0.05) is 17.7 Å². The number of halogens is 3. The van der Waals surface area contributed by atoms with E-state index in [1.165, 1.54) is 0 Å². The maximum atomic E-state index is 11.8. The van der Waals surface area contributed by atoms with Gasteiger partial charge >= 0.3 is 6.36 Å². The van der Waals surface area contributed by atoms with Crippen molar-refractivity contribution in [3.8, 4) is 5.75 Å². The van der Waals surface area contributed by atoms with E-state index in [1.807, 2.05) is 26.0 Å². The second kappa shape index (κ2) is 6.77. The molecule has 6 heteroatoms. The highest BCUT2D eigenvalue weighted by Gasteiger charge is 2.28. The van der Waals surface area contributed by atoms with E-state index < -0.39 is 13.0 Å². The van der Waals surface area contributed by atoms with Crippen LogP contribution in [0.5, 0.6) is 5.75 Å². The lowest BCUT2D eigenvalue weighted by molar-refractivity contribution is -0.325. The van der Waals surface area contributed by atoms with Crippen LogP contribution in [-0.2, 0) is 11.2 Å². The molecule has 1 unspecified atom stereocenters. The topological polar surface area (TPSA) is 44.5 Å². The number of ether oxygens (including phenoxy) is 2. The Bertz CT molecular complexity index is 405. The van der Waals surface area contributed by atoms with E-state index in [-0.39, 0.29) is 12.6 Å². The molecular formula is C13H18F3NO2. The van der Waals surface area contributed by atoms with Gasteiger partial charge in [-0.15, -0.1) is 13.2 Å². The number of rotatable bonds is 6. The fraction of sp³-hybridized carbons (Fsp3) is 0.538. The van der Waals surface area contributed by atoms with Crippen molar-refractivity contribution in [2.45, 2.75) is 32.7 Å². The molecule has 1 aromatic carbocycles. The number of benzene rings is 1. The van der Waals surface area contributed by atoms with E-state index in [2.05, 4.69) is 4.74 Å². The first-order valence-corrected chi connectivity index (χ1v) is 5.96. The van der Waals surface area contributed by atoms with Crippen LogP contribution in [0.25, 0.3) is 0 Å². The van der Waals surface area contributed by atoms with Gasteiger partial charge in [-0.2, -0.15) is 0 Å². The molecule has 0 aliphatic carbocycles. The third-order valence-corrected chi connectivity index (χ3v) is 2.36. The molecule has 1 aromatic rings. The molecule has 0 saturated carbocycles. The molecule has 0 fully saturated rings. The van der Waals surface area contributed by atoms with Gasteiger partial charge in [-0.05, 0) is 31.9 Å². The third kappa shape index (κ3) is 6.45. The van der Waals surface area contributed by atoms with Crippen LogP contribution in [0.4, 0.5) is 13.2 Å². The minimum atomic E-state index is -4.62. The van der Waals surface area contributed by atoms with Crippen LogP contribution in [0.15, 0.2) is 18.2 Å². The lowest BCUT2D eigenvalue weighted by atomic mass is 10.0. The quantitative estimate of drug-likeness (QED) is 0.813. The summed E-state index contributed by atoms with van der Waals surface area (Å²) < 4.78 is 44.3. The zero-order valence-corrected chi connectivity index (χ0v) is 11.0. The van der Waals surface area contributed by atoms with Crippen LogP contribution in [0.3, 0.4) is 0 Å². The van der Waals surface area contributed by atoms with Gasteiger partial charge in [0.1, 0.15) is 12.4 Å². The number of nitrogens with two attached hydrogens (primary N) is 1. The average Bonchev–Trinajstić information content (AvgIpc) is 2.24. The summed E-state index contributed by atoms with van der Waals surface area (Å²) in [7, 11) is 0. The van der Waals surface area contributed by atoms with Crippen LogP contribution in [-0.4, -0.2) is 25.6 Å². The van der Waals surface area contributed by atoms with Gasteiger partial charge in [-0.25, -0.2) is 0 Å². The number of hydrogen-bond donors (Lipinski definition) is 1. The molecule has 0 bridgehead atoms. The van der Waals surface area contributed by atoms with Crippen LogP contribution in [0, 0.1) is 6.92 Å². The molecule has 19 heavy (non-hydrogen) atoms. The summed E-state index contributed by atoms with van der Waals surface area (Å²) >= 11 is 0. The lowest BCUT2D eigenvalue weighted by Gasteiger charge is -2.14. The highest BCUT2D eigenvalue weighted by Crippen LogP contribution is 2.22. The van der Waals surface area contributed by atoms with Crippen LogP contribution in [0.1, 0.15) is 18.1 Å². The fourth-order valence-electron chi connectivity index (χ4n) is 1.66. The highest BCUT2D eigenvalue weighted by molar-refractivity contribution is 5.37. The van der Waals surface area contributed by atoms with Gasteiger partial charge < -0.3 is 10.5 Å². The van der Waals surface area contributed by atoms with Crippen molar-refractivity contribution >= 4 is 0 Å². The first-order valence-electron chi connectivity index (χ1n) is 5.96. The maximum Gasteiger partial charge on any atom is 0.522 e. The molecule has 1 atom stereocenters. The lowest BCUT2D eigenvalue weighted by Crippen LogP contribution is -2.20. The Morgan fingerprint density at radius 2 is 1.95 bits per heavy atom. The molecule has 0 aliphatic heterocycles. The van der Waals surface area contributed by atoms with Crippen LogP contribution >= 0.6 is 0 Å². The highest BCUT2D eigenvalue weighted by atomic mass is 19.4. The number of alkyl halides is 3. The van der Waals surface area contributed by atoms with Gasteiger partial charge in [0.15, 0.2) is 0 Å². The van der Waals surface area contributed by atoms with Gasteiger partial charge in [0, 0.05) is 6.04 Å². The first kappa shape index (κ1) is 15.8. The second-order valence-corrected chi connectivity index (χ2v) is 4.44. The Morgan fingerprint density at radius 1 is 1.26 bits per heavy atom. The van der Waals surface area contributed by atoms with E-state index in [9.17, 15) is 13.2 Å². The summed E-state index contributed by atoms with van der Waals surface area (Å²) in [6.45, 7) is 3.10. The monoisotopic (exact) mass is 277 g/mol. The Balaban J connectivity index is 2.57. The molecular weight excluding hydrogens is 259 g/mol. The van der Waals surface area contributed by atoms with Gasteiger partial charge in [0.25, 0.3) is 0 Å². The van der Waals surface area contributed by atoms with Gasteiger partial charge in [0.05, 0.1) is 6.61 Å². The SMILES string of the molecule is Cc1ccc(OCCOC(F)(F)F)c(CC(C)N)c1. The Morgan fingerprint density at radius 3 is 2.53 bits per heavy atom. The van der Waals surface area contributed by atoms with E-state index in [0.29, 0.717) is 12.2 Å². The minimum Gasteiger partial charge on any atom is -0.491 e. The van der Waals surface area contributed by atoms with Crippen molar-refractivity contribution in [1.29, 1.82) is 0 Å². The predicted molar refractivity (Wildman–Crippen MR) is 66.0 cm³/mol. The molecule has 0 radical (unpaired) electrons. The van der Waals surface area contributed by atoms with Crippen molar-refractivity contribution in [2.24, 2.45) is 5.73 Å². The van der Waals surface area contributed by atoms with E-state index in [0.717, 1.165) is 11.1 Å². The van der Waals surface area contributed by atoms with E-state index in [1.54, 1.807) is 6.07 Å². The molecule has 0 aromatic heterocycles. The summed E-state index contributed by atoms with van der Waals surface area (Å²) in [4.78, 5) is 0. The van der Waals surface area contributed by atoms with Crippen molar-refractivity contribution in [1.82, 2.24) is 0 Å². The van der Waals surface area contributed by atoms with Crippen molar-refractivity contribution in [2.75, 3.05) is 13.2 Å². The molecule has 0 amide bonds. The third-order valence-electron chi connectivity index (χ3n) is 2.36. The first-order chi connectivity index (χ1) is 8.78. The van der Waals surface area contributed by atoms with Crippen molar-refractivity contribution in [3.05, 3.63) is 29.3 Å². The molecule has 108 valence electrons. The molecule has 2 N–H and O–H groups in total. The van der Waals surface area contributed by atoms with Gasteiger partial charge in [0.2, 0.25) is 0 Å².